The molecule has 1 aromatic heterocycles. The summed E-state index contributed by atoms with van der Waals surface area (Å²) in [7, 11) is 1.73. The molecule has 1 N–H and O–H groups in total. The number of amides is 1. The Morgan fingerprint density at radius 3 is 2.85 bits per heavy atom. The van der Waals surface area contributed by atoms with Crippen LogP contribution in [-0.2, 0) is 10.2 Å². The fourth-order valence-corrected chi connectivity index (χ4v) is 4.62. The highest BCUT2D eigenvalue weighted by Crippen LogP contribution is 2.45. The number of carbonyl (C=O) groups excluding carboxylic acids is 1. The van der Waals surface area contributed by atoms with E-state index in [0.29, 0.717) is 12.5 Å². The average Bonchev–Trinajstić information content (AvgIpc) is 3.23. The van der Waals surface area contributed by atoms with E-state index in [2.05, 4.69) is 31.3 Å². The molecule has 4 nitrogen and oxygen atoms in total. The highest BCUT2D eigenvalue weighted by molar-refractivity contribution is 7.12. The zero-order valence-electron chi connectivity index (χ0n) is 16.4. The van der Waals surface area contributed by atoms with Crippen LogP contribution >= 0.6 is 11.3 Å². The quantitative estimate of drug-likeness (QED) is 0.752. The summed E-state index contributed by atoms with van der Waals surface area (Å²) in [6.07, 6.45) is 2.97. The lowest BCUT2D eigenvalue weighted by Crippen LogP contribution is -2.43. The minimum absolute atomic E-state index is 0.00708. The third kappa shape index (κ3) is 4.53. The van der Waals surface area contributed by atoms with E-state index in [0.717, 1.165) is 36.5 Å². The van der Waals surface area contributed by atoms with Gasteiger partial charge in [0.25, 0.3) is 5.91 Å². The van der Waals surface area contributed by atoms with E-state index in [1.807, 2.05) is 29.6 Å². The predicted octanol–water partition coefficient (Wildman–Crippen LogP) is 4.65. The highest BCUT2D eigenvalue weighted by Gasteiger charge is 2.40. The number of benzene rings is 1. The minimum Gasteiger partial charge on any atom is -0.496 e. The van der Waals surface area contributed by atoms with E-state index in [1.54, 1.807) is 7.11 Å². The normalized spacial score (nSPS) is 22.6. The van der Waals surface area contributed by atoms with Gasteiger partial charge in [0, 0.05) is 24.1 Å². The predicted molar refractivity (Wildman–Crippen MR) is 110 cm³/mol. The Bertz CT molecular complexity index is 744. The molecule has 1 amide bonds. The van der Waals surface area contributed by atoms with Crippen molar-refractivity contribution in [2.24, 2.45) is 5.92 Å². The van der Waals surface area contributed by atoms with Crippen LogP contribution in [0.2, 0.25) is 0 Å². The maximum atomic E-state index is 12.3. The molecule has 1 saturated heterocycles. The van der Waals surface area contributed by atoms with Crippen LogP contribution in [0.5, 0.6) is 5.75 Å². The van der Waals surface area contributed by atoms with Crippen molar-refractivity contribution in [2.45, 2.75) is 44.6 Å². The molecule has 1 aliphatic rings. The molecule has 0 spiro atoms. The second-order valence-electron chi connectivity index (χ2n) is 7.57. The molecule has 0 unspecified atom stereocenters. The van der Waals surface area contributed by atoms with Crippen molar-refractivity contribution in [3.05, 3.63) is 52.2 Å². The van der Waals surface area contributed by atoms with Crippen LogP contribution in [0.3, 0.4) is 0 Å². The molecular formula is C22H29NO3S. The second kappa shape index (κ2) is 8.89. The first-order valence-corrected chi connectivity index (χ1v) is 10.5. The molecule has 2 aromatic rings. The van der Waals surface area contributed by atoms with Crippen LogP contribution in [0, 0.1) is 5.92 Å². The summed E-state index contributed by atoms with van der Waals surface area (Å²) in [6, 6.07) is 12.0. The topological polar surface area (TPSA) is 47.6 Å². The van der Waals surface area contributed by atoms with Gasteiger partial charge in [0.05, 0.1) is 18.1 Å². The second-order valence-corrected chi connectivity index (χ2v) is 8.52. The largest absolute Gasteiger partial charge is 0.496 e. The minimum atomic E-state index is -0.0531. The monoisotopic (exact) mass is 387 g/mol. The van der Waals surface area contributed by atoms with Gasteiger partial charge in [-0.15, -0.1) is 11.3 Å². The SMILES string of the molecule is COc1ccccc1[C@]1(CCNC(=O)c2cccs2)CCO[C@H](C(C)C)C1. The van der Waals surface area contributed by atoms with Gasteiger partial charge in [0.2, 0.25) is 0 Å². The summed E-state index contributed by atoms with van der Waals surface area (Å²) in [4.78, 5) is 13.1. The molecule has 0 aliphatic carbocycles. The van der Waals surface area contributed by atoms with Crippen molar-refractivity contribution in [1.29, 1.82) is 0 Å². The van der Waals surface area contributed by atoms with Gasteiger partial charge >= 0.3 is 0 Å². The Kier molecular flexibility index (Phi) is 6.55. The van der Waals surface area contributed by atoms with Crippen molar-refractivity contribution in [3.8, 4) is 5.75 Å². The van der Waals surface area contributed by atoms with Crippen molar-refractivity contribution >= 4 is 17.2 Å². The maximum Gasteiger partial charge on any atom is 0.261 e. The summed E-state index contributed by atoms with van der Waals surface area (Å²) in [5.74, 6) is 1.39. The lowest BCUT2D eigenvalue weighted by molar-refractivity contribution is -0.0472. The number of thiophene rings is 1. The van der Waals surface area contributed by atoms with Gasteiger partial charge in [-0.05, 0) is 42.7 Å². The van der Waals surface area contributed by atoms with E-state index in [4.69, 9.17) is 9.47 Å². The number of nitrogens with one attached hydrogen (secondary N) is 1. The van der Waals surface area contributed by atoms with E-state index in [1.165, 1.54) is 16.9 Å². The average molecular weight is 388 g/mol. The van der Waals surface area contributed by atoms with Crippen LogP contribution < -0.4 is 10.1 Å². The van der Waals surface area contributed by atoms with Gasteiger partial charge in [0.1, 0.15) is 5.75 Å². The number of rotatable bonds is 7. The van der Waals surface area contributed by atoms with Gasteiger partial charge < -0.3 is 14.8 Å². The molecule has 1 aromatic carbocycles. The Balaban J connectivity index is 1.80. The third-order valence-corrected chi connectivity index (χ3v) is 6.43. The van der Waals surface area contributed by atoms with Crippen LogP contribution in [0.25, 0.3) is 0 Å². The van der Waals surface area contributed by atoms with E-state index >= 15 is 0 Å². The summed E-state index contributed by atoms with van der Waals surface area (Å²) in [5.41, 5.74) is 1.18. The van der Waals surface area contributed by atoms with Gasteiger partial charge in [-0.3, -0.25) is 4.79 Å². The Labute approximate surface area is 165 Å². The number of methoxy groups -OCH3 is 1. The van der Waals surface area contributed by atoms with Crippen LogP contribution in [-0.4, -0.2) is 32.3 Å². The molecule has 3 rings (SSSR count). The number of carbonyl (C=O) groups is 1. The molecule has 146 valence electrons. The maximum absolute atomic E-state index is 12.3. The lowest BCUT2D eigenvalue weighted by Gasteiger charge is -2.43. The Hall–Kier alpha value is -1.85. The van der Waals surface area contributed by atoms with Crippen molar-refractivity contribution in [1.82, 2.24) is 5.32 Å². The van der Waals surface area contributed by atoms with Crippen molar-refractivity contribution < 1.29 is 14.3 Å². The first-order valence-electron chi connectivity index (χ1n) is 9.62. The smallest absolute Gasteiger partial charge is 0.261 e. The first-order chi connectivity index (χ1) is 13.1. The molecule has 1 aliphatic heterocycles. The molecule has 0 saturated carbocycles. The fraction of sp³-hybridized carbons (Fsp3) is 0.500. The van der Waals surface area contributed by atoms with Gasteiger partial charge in [-0.2, -0.15) is 0 Å². The number of para-hydroxylation sites is 1. The Morgan fingerprint density at radius 1 is 1.33 bits per heavy atom. The van der Waals surface area contributed by atoms with Crippen LogP contribution in [0.15, 0.2) is 41.8 Å². The van der Waals surface area contributed by atoms with Crippen LogP contribution in [0.4, 0.5) is 0 Å². The first kappa shape index (κ1) is 19.9. The molecule has 1 fully saturated rings. The van der Waals surface area contributed by atoms with Crippen molar-refractivity contribution in [3.63, 3.8) is 0 Å². The van der Waals surface area contributed by atoms with E-state index < -0.39 is 0 Å². The summed E-state index contributed by atoms with van der Waals surface area (Å²) >= 11 is 1.47. The summed E-state index contributed by atoms with van der Waals surface area (Å²) in [5, 5.41) is 5.03. The molecule has 5 heteroatoms. The molecular weight excluding hydrogens is 358 g/mol. The molecule has 27 heavy (non-hydrogen) atoms. The third-order valence-electron chi connectivity index (χ3n) is 5.56. The number of hydrogen-bond acceptors (Lipinski definition) is 4. The standard InChI is InChI=1S/C22H29NO3S/c1-16(2)19-15-22(11-13-26-19,17-7-4-5-8-18(17)25-3)10-12-23-21(24)20-9-6-14-27-20/h4-9,14,16,19H,10-13,15H2,1-3H3,(H,23,24)/t19-,22+/m0/s1. The zero-order chi connectivity index (χ0) is 19.3. The van der Waals surface area contributed by atoms with Crippen molar-refractivity contribution in [2.75, 3.05) is 20.3 Å². The number of hydrogen-bond donors (Lipinski definition) is 1. The lowest BCUT2D eigenvalue weighted by atomic mass is 9.68. The van der Waals surface area contributed by atoms with Gasteiger partial charge in [0.15, 0.2) is 0 Å². The summed E-state index contributed by atoms with van der Waals surface area (Å²) in [6.45, 7) is 5.79. The molecule has 2 atom stereocenters. The van der Waals surface area contributed by atoms with Gasteiger partial charge in [-0.25, -0.2) is 0 Å². The zero-order valence-corrected chi connectivity index (χ0v) is 17.2. The fourth-order valence-electron chi connectivity index (χ4n) is 3.98. The van der Waals surface area contributed by atoms with E-state index in [-0.39, 0.29) is 17.4 Å². The van der Waals surface area contributed by atoms with Gasteiger partial charge in [-0.1, -0.05) is 38.1 Å². The number of ether oxygens (including phenoxy) is 2. The molecule has 0 radical (unpaired) electrons. The highest BCUT2D eigenvalue weighted by atomic mass is 32.1. The molecule has 2 heterocycles. The molecule has 0 bridgehead atoms. The van der Waals surface area contributed by atoms with E-state index in [9.17, 15) is 4.79 Å². The van der Waals surface area contributed by atoms with Crippen LogP contribution in [0.1, 0.15) is 48.3 Å². The Morgan fingerprint density at radius 2 is 2.15 bits per heavy atom. The summed E-state index contributed by atoms with van der Waals surface area (Å²) < 4.78 is 11.7.